The minimum atomic E-state index is -5.24. The van der Waals surface area contributed by atoms with Gasteiger partial charge in [-0.25, -0.2) is 0 Å². The normalized spacial score (nSPS) is 12.4. The van der Waals surface area contributed by atoms with Crippen LogP contribution in [0.25, 0.3) is 0 Å². The largest absolute Gasteiger partial charge is 2.00 e. The third kappa shape index (κ3) is 26.2. The molecule has 0 aliphatic rings. The van der Waals surface area contributed by atoms with Crippen LogP contribution in [0.5, 0.6) is 0 Å². The Bertz CT molecular complexity index is 233. The Balaban J connectivity index is -0.0000000402. The molecule has 0 rings (SSSR count). The number of phosphoric ester groups is 1. The summed E-state index contributed by atoms with van der Waals surface area (Å²) in [6.45, 7) is -1.02. The van der Waals surface area contributed by atoms with E-state index < -0.39 is 32.7 Å². The van der Waals surface area contributed by atoms with Gasteiger partial charge >= 0.3 is 48.9 Å². The van der Waals surface area contributed by atoms with E-state index in [1.54, 1.807) is 0 Å². The molecule has 0 unspecified atom stereocenters. The predicted octanol–water partition coefficient (Wildman–Crippen LogP) is -9.22. The summed E-state index contributed by atoms with van der Waals surface area (Å²) in [6, 6.07) is 0. The van der Waals surface area contributed by atoms with Gasteiger partial charge in [0, 0.05) is 0 Å². The van der Waals surface area contributed by atoms with Crippen molar-refractivity contribution in [2.75, 3.05) is 6.61 Å². The number of carbonyl (C=O) groups is 1. The molecule has 0 aromatic carbocycles. The molecule has 0 aliphatic carbocycles. The summed E-state index contributed by atoms with van der Waals surface area (Å²) in [5.74, 6) is 0. The molecule has 0 amide bonds. The van der Waals surface area contributed by atoms with Gasteiger partial charge in [-0.3, -0.25) is 0 Å². The van der Waals surface area contributed by atoms with E-state index in [0.29, 0.717) is 0 Å². The van der Waals surface area contributed by atoms with Crippen molar-refractivity contribution in [2.24, 2.45) is 0 Å². The van der Waals surface area contributed by atoms with Gasteiger partial charge in [0.2, 0.25) is 0 Å². The molecule has 0 bridgehead atoms. The van der Waals surface area contributed by atoms with Gasteiger partial charge in [-0.1, -0.05) is 0 Å². The van der Waals surface area contributed by atoms with E-state index in [9.17, 15) is 19.1 Å². The molecule has 0 aromatic heterocycles. The molecule has 0 radical (unpaired) electrons. The van der Waals surface area contributed by atoms with E-state index in [1.807, 2.05) is 0 Å². The maximum Gasteiger partial charge on any atom is 2.00 e. The molecular weight excluding hydrogens is 452 g/mol. The Hall–Kier alpha value is 0.991. The second-order valence-electron chi connectivity index (χ2n) is 2.43. The molecular formula is C5H21BaO14P. The molecule has 0 saturated carbocycles. The number of aliphatic hydroxyl groups excluding tert-OH is 3. The SMILES string of the molecule is O.O.O.O.O.O.O=C[C@H](O)[C@H](O)[C@H](O)COP(=O)([O-])[O-].[Ba+2]. The quantitative estimate of drug-likeness (QED) is 0.188. The van der Waals surface area contributed by atoms with Gasteiger partial charge in [0.1, 0.15) is 18.3 Å². The van der Waals surface area contributed by atoms with E-state index >= 15 is 0 Å². The summed E-state index contributed by atoms with van der Waals surface area (Å²) in [5, 5.41) is 26.4. The van der Waals surface area contributed by atoms with Crippen LogP contribution in [0.15, 0.2) is 0 Å². The fourth-order valence-electron chi connectivity index (χ4n) is 0.574. The molecule has 3 atom stereocenters. The van der Waals surface area contributed by atoms with Crippen molar-refractivity contribution in [3.63, 3.8) is 0 Å². The molecule has 0 aliphatic heterocycles. The molecule has 14 nitrogen and oxygen atoms in total. The average Bonchev–Trinajstić information content (AvgIpc) is 2.10. The molecule has 0 aromatic rings. The molecule has 0 heterocycles. The zero-order valence-corrected chi connectivity index (χ0v) is 15.9. The van der Waals surface area contributed by atoms with Crippen molar-refractivity contribution < 1.29 is 71.8 Å². The monoisotopic (exact) mass is 474 g/mol. The number of aliphatic hydroxyl groups is 3. The number of carbonyl (C=O) groups excluding carboxylic acids is 1. The van der Waals surface area contributed by atoms with E-state index in [-0.39, 0.29) is 88.0 Å². The molecule has 0 fully saturated rings. The smallest absolute Gasteiger partial charge is 0.790 e. The van der Waals surface area contributed by atoms with Crippen LogP contribution < -0.4 is 9.79 Å². The number of hydrogen-bond donors (Lipinski definition) is 3. The zero-order chi connectivity index (χ0) is 11.4. The first-order valence-corrected chi connectivity index (χ1v) is 4.90. The van der Waals surface area contributed by atoms with Crippen molar-refractivity contribution in [3.8, 4) is 0 Å². The van der Waals surface area contributed by atoms with Crippen LogP contribution in [0.3, 0.4) is 0 Å². The number of aldehydes is 1. The molecule has 21 heavy (non-hydrogen) atoms. The van der Waals surface area contributed by atoms with Crippen molar-refractivity contribution in [1.82, 2.24) is 0 Å². The molecule has 16 heteroatoms. The molecule has 132 valence electrons. The number of hydrogen-bond acceptors (Lipinski definition) is 8. The van der Waals surface area contributed by atoms with E-state index in [1.165, 1.54) is 0 Å². The minimum absolute atomic E-state index is 0. The Morgan fingerprint density at radius 3 is 1.57 bits per heavy atom. The first-order valence-electron chi connectivity index (χ1n) is 3.44. The summed E-state index contributed by atoms with van der Waals surface area (Å²) < 4.78 is 13.5. The standard InChI is InChI=1S/C5H11O8P.Ba.6H2O/c6-1-3(7)5(9)4(8)2-13-14(10,11)12;;;;;;;/h1,3-5,7-9H,2H2,(H2,10,11,12);;6*1H2/q;+2;;;;;;/p-2/t3-,4+,5-;;;;;;;/m0......./s1. The molecule has 0 saturated heterocycles. The summed E-state index contributed by atoms with van der Waals surface area (Å²) in [5.41, 5.74) is 0. The van der Waals surface area contributed by atoms with Gasteiger partial charge in [0.15, 0.2) is 6.29 Å². The fourth-order valence-corrected chi connectivity index (χ4v) is 0.910. The maximum absolute atomic E-state index is 9.92. The first kappa shape index (κ1) is 49.5. The van der Waals surface area contributed by atoms with Crippen molar-refractivity contribution in [3.05, 3.63) is 0 Å². The van der Waals surface area contributed by atoms with Crippen LogP contribution in [0, 0.1) is 0 Å². The number of phosphoric acid groups is 1. The maximum atomic E-state index is 9.92. The van der Waals surface area contributed by atoms with Gasteiger partial charge < -0.3 is 71.8 Å². The van der Waals surface area contributed by atoms with Crippen LogP contribution in [-0.4, -0.2) is 128 Å². The summed E-state index contributed by atoms with van der Waals surface area (Å²) in [7, 11) is -5.24. The van der Waals surface area contributed by atoms with Crippen LogP contribution in [0.2, 0.25) is 0 Å². The Morgan fingerprint density at radius 2 is 1.33 bits per heavy atom. The fraction of sp³-hybridized carbons (Fsp3) is 0.800. The first-order chi connectivity index (χ1) is 6.28. The Kier molecular flexibility index (Phi) is 54.8. The van der Waals surface area contributed by atoms with Crippen molar-refractivity contribution in [1.29, 1.82) is 0 Å². The van der Waals surface area contributed by atoms with Gasteiger partial charge in [-0.15, -0.1) is 0 Å². The average molecular weight is 474 g/mol. The second-order valence-corrected chi connectivity index (χ2v) is 3.58. The van der Waals surface area contributed by atoms with E-state index in [0.717, 1.165) is 0 Å². The van der Waals surface area contributed by atoms with Gasteiger partial charge in [-0.2, -0.15) is 0 Å². The van der Waals surface area contributed by atoms with Gasteiger partial charge in [0.05, 0.1) is 14.4 Å². The molecule has 15 N–H and O–H groups in total. The summed E-state index contributed by atoms with van der Waals surface area (Å²) in [4.78, 5) is 29.8. The van der Waals surface area contributed by atoms with Gasteiger partial charge in [-0.05, 0) is 0 Å². The summed E-state index contributed by atoms with van der Waals surface area (Å²) in [6.07, 6.45) is -5.67. The predicted molar refractivity (Wildman–Crippen MR) is 65.1 cm³/mol. The minimum Gasteiger partial charge on any atom is -0.790 e. The molecule has 0 spiro atoms. The van der Waals surface area contributed by atoms with Crippen molar-refractivity contribution >= 4 is 63.0 Å². The van der Waals surface area contributed by atoms with E-state index in [4.69, 9.17) is 15.3 Å². The van der Waals surface area contributed by atoms with Gasteiger partial charge in [0.25, 0.3) is 0 Å². The topological polar surface area (TPSA) is 339 Å². The third-order valence-corrected chi connectivity index (χ3v) is 1.75. The Morgan fingerprint density at radius 1 is 1.00 bits per heavy atom. The van der Waals surface area contributed by atoms with Crippen LogP contribution in [0.4, 0.5) is 0 Å². The van der Waals surface area contributed by atoms with Crippen LogP contribution in [-0.2, 0) is 13.9 Å². The number of rotatable bonds is 6. The van der Waals surface area contributed by atoms with Crippen LogP contribution >= 0.6 is 7.82 Å². The Labute approximate surface area is 158 Å². The third-order valence-electron chi connectivity index (χ3n) is 1.29. The van der Waals surface area contributed by atoms with Crippen molar-refractivity contribution in [2.45, 2.75) is 18.3 Å². The summed E-state index contributed by atoms with van der Waals surface area (Å²) >= 11 is 0. The second kappa shape index (κ2) is 23.3. The van der Waals surface area contributed by atoms with Crippen LogP contribution in [0.1, 0.15) is 0 Å². The zero-order valence-electron chi connectivity index (χ0n) is 10.6. The van der Waals surface area contributed by atoms with E-state index in [2.05, 4.69) is 4.52 Å².